The third-order valence-corrected chi connectivity index (χ3v) is 5.53. The Morgan fingerprint density at radius 2 is 1.82 bits per heavy atom. The molecule has 2 aromatic rings. The Bertz CT molecular complexity index is 801. The second-order valence-electron chi connectivity index (χ2n) is 8.21. The maximum absolute atomic E-state index is 13.2. The van der Waals surface area contributed by atoms with Gasteiger partial charge in [-0.2, -0.15) is 0 Å². The summed E-state index contributed by atoms with van der Waals surface area (Å²) in [5, 5.41) is 10.2. The Morgan fingerprint density at radius 3 is 2.39 bits per heavy atom. The summed E-state index contributed by atoms with van der Waals surface area (Å²) in [6.07, 6.45) is 1.31. The van der Waals surface area contributed by atoms with E-state index in [4.69, 9.17) is 4.74 Å². The van der Waals surface area contributed by atoms with Crippen LogP contribution < -0.4 is 0 Å². The van der Waals surface area contributed by atoms with Crippen molar-refractivity contribution in [3.8, 4) is 0 Å². The van der Waals surface area contributed by atoms with Crippen LogP contribution in [0.25, 0.3) is 0 Å². The Morgan fingerprint density at radius 1 is 1.18 bits per heavy atom. The quantitative estimate of drug-likeness (QED) is 0.746. The van der Waals surface area contributed by atoms with Crippen molar-refractivity contribution in [2.24, 2.45) is 0 Å². The topological polar surface area (TPSA) is 49.8 Å². The SMILES string of the molecule is C[C@@H](c1ccc(F)cc1)N1CCC(CCC(C)(C)O)(c2ccccc2)OC1=O. The van der Waals surface area contributed by atoms with E-state index in [1.54, 1.807) is 30.9 Å². The number of amides is 1. The van der Waals surface area contributed by atoms with Gasteiger partial charge in [0.2, 0.25) is 0 Å². The molecule has 1 fully saturated rings. The summed E-state index contributed by atoms with van der Waals surface area (Å²) in [7, 11) is 0. The van der Waals surface area contributed by atoms with Crippen LogP contribution in [0.2, 0.25) is 0 Å². The molecule has 1 saturated heterocycles. The average molecular weight is 385 g/mol. The van der Waals surface area contributed by atoms with Gasteiger partial charge < -0.3 is 14.7 Å². The van der Waals surface area contributed by atoms with Crippen LogP contribution in [-0.4, -0.2) is 28.2 Å². The molecule has 1 N–H and O–H groups in total. The minimum absolute atomic E-state index is 0.212. The number of ether oxygens (including phenoxy) is 1. The maximum atomic E-state index is 13.2. The van der Waals surface area contributed by atoms with Crippen LogP contribution in [0.3, 0.4) is 0 Å². The number of carbonyl (C=O) groups is 1. The molecule has 0 aliphatic carbocycles. The lowest BCUT2D eigenvalue weighted by Crippen LogP contribution is -2.49. The fourth-order valence-corrected chi connectivity index (χ4v) is 3.72. The second kappa shape index (κ2) is 7.92. The van der Waals surface area contributed by atoms with E-state index in [2.05, 4.69) is 0 Å². The van der Waals surface area contributed by atoms with Gasteiger partial charge in [-0.25, -0.2) is 9.18 Å². The normalized spacial score (nSPS) is 21.3. The van der Waals surface area contributed by atoms with E-state index in [0.29, 0.717) is 25.8 Å². The monoisotopic (exact) mass is 385 g/mol. The van der Waals surface area contributed by atoms with Crippen molar-refractivity contribution in [3.63, 3.8) is 0 Å². The highest BCUT2D eigenvalue weighted by molar-refractivity contribution is 5.70. The van der Waals surface area contributed by atoms with E-state index in [-0.39, 0.29) is 18.0 Å². The first kappa shape index (κ1) is 20.3. The fraction of sp³-hybridized carbons (Fsp3) is 0.435. The minimum Gasteiger partial charge on any atom is -0.438 e. The minimum atomic E-state index is -0.841. The third-order valence-electron chi connectivity index (χ3n) is 5.53. The second-order valence-corrected chi connectivity index (χ2v) is 8.21. The van der Waals surface area contributed by atoms with Gasteiger partial charge in [0.1, 0.15) is 11.4 Å². The molecule has 28 heavy (non-hydrogen) atoms. The van der Waals surface area contributed by atoms with Crippen molar-refractivity contribution >= 4 is 6.09 Å². The van der Waals surface area contributed by atoms with Crippen molar-refractivity contribution < 1.29 is 19.0 Å². The molecule has 1 amide bonds. The van der Waals surface area contributed by atoms with E-state index in [9.17, 15) is 14.3 Å². The van der Waals surface area contributed by atoms with Gasteiger partial charge in [-0.15, -0.1) is 0 Å². The molecule has 3 rings (SSSR count). The number of hydrogen-bond donors (Lipinski definition) is 1. The summed E-state index contributed by atoms with van der Waals surface area (Å²) in [6, 6.07) is 15.7. The smallest absolute Gasteiger partial charge is 0.411 e. The zero-order valence-corrected chi connectivity index (χ0v) is 16.7. The predicted molar refractivity (Wildman–Crippen MR) is 106 cm³/mol. The van der Waals surface area contributed by atoms with Gasteiger partial charge in [0, 0.05) is 13.0 Å². The largest absolute Gasteiger partial charge is 0.438 e. The molecule has 0 aromatic heterocycles. The molecule has 0 spiro atoms. The molecule has 150 valence electrons. The summed E-state index contributed by atoms with van der Waals surface area (Å²) in [4.78, 5) is 14.6. The molecule has 2 atom stereocenters. The van der Waals surface area contributed by atoms with Gasteiger partial charge in [0.25, 0.3) is 0 Å². The van der Waals surface area contributed by atoms with Crippen molar-refractivity contribution in [2.75, 3.05) is 6.54 Å². The van der Waals surface area contributed by atoms with Crippen LogP contribution in [0.1, 0.15) is 57.2 Å². The molecule has 1 unspecified atom stereocenters. The van der Waals surface area contributed by atoms with E-state index in [1.807, 2.05) is 37.3 Å². The van der Waals surface area contributed by atoms with Crippen molar-refractivity contribution in [2.45, 2.75) is 57.3 Å². The summed E-state index contributed by atoms with van der Waals surface area (Å²) in [5.74, 6) is -0.299. The van der Waals surface area contributed by atoms with Gasteiger partial charge in [0.15, 0.2) is 0 Å². The summed E-state index contributed by atoms with van der Waals surface area (Å²) in [6.45, 7) is 5.97. The van der Waals surface area contributed by atoms with Crippen LogP contribution in [0, 0.1) is 5.82 Å². The number of nitrogens with zero attached hydrogens (tertiary/aromatic N) is 1. The van der Waals surface area contributed by atoms with Gasteiger partial charge in [-0.1, -0.05) is 42.5 Å². The molecular formula is C23H28FNO3. The predicted octanol–water partition coefficient (Wildman–Crippen LogP) is 5.18. The van der Waals surface area contributed by atoms with E-state index >= 15 is 0 Å². The highest BCUT2D eigenvalue weighted by Gasteiger charge is 2.44. The number of rotatable bonds is 6. The standard InChI is InChI=1S/C23H28FNO3/c1-17(18-9-11-20(24)12-10-18)25-16-15-23(28-21(25)26,14-13-22(2,3)27)19-7-5-4-6-8-19/h4-12,17,27H,13-16H2,1-3H3/t17-,23?/m0/s1. The maximum Gasteiger partial charge on any atom is 0.411 e. The Labute approximate surface area is 165 Å². The zero-order chi connectivity index (χ0) is 20.4. The van der Waals surface area contributed by atoms with Gasteiger partial charge in [0.05, 0.1) is 11.6 Å². The summed E-state index contributed by atoms with van der Waals surface area (Å²) >= 11 is 0. The average Bonchev–Trinajstić information content (AvgIpc) is 2.67. The van der Waals surface area contributed by atoms with Crippen molar-refractivity contribution in [1.82, 2.24) is 4.90 Å². The molecule has 0 bridgehead atoms. The van der Waals surface area contributed by atoms with Crippen LogP contribution in [0.4, 0.5) is 9.18 Å². The molecule has 0 saturated carbocycles. The third kappa shape index (κ3) is 4.53. The molecule has 1 aliphatic heterocycles. The van der Waals surface area contributed by atoms with E-state index in [0.717, 1.165) is 11.1 Å². The summed E-state index contributed by atoms with van der Waals surface area (Å²) < 4.78 is 19.2. The molecule has 0 radical (unpaired) electrons. The van der Waals surface area contributed by atoms with Gasteiger partial charge in [-0.05, 0) is 56.9 Å². The number of cyclic esters (lactones) is 1. The molecule has 2 aromatic carbocycles. The van der Waals surface area contributed by atoms with Crippen molar-refractivity contribution in [1.29, 1.82) is 0 Å². The number of carbonyl (C=O) groups excluding carboxylic acids is 1. The highest BCUT2D eigenvalue weighted by atomic mass is 19.1. The van der Waals surface area contributed by atoms with Crippen LogP contribution in [0.15, 0.2) is 54.6 Å². The van der Waals surface area contributed by atoms with Crippen molar-refractivity contribution in [3.05, 3.63) is 71.5 Å². The number of halogens is 1. The summed E-state index contributed by atoms with van der Waals surface area (Å²) in [5.41, 5.74) is 0.216. The first-order chi connectivity index (χ1) is 13.2. The zero-order valence-electron chi connectivity index (χ0n) is 16.7. The van der Waals surface area contributed by atoms with Gasteiger partial charge >= 0.3 is 6.09 Å². The lowest BCUT2D eigenvalue weighted by molar-refractivity contribution is -0.0767. The number of aliphatic hydroxyl groups is 1. The number of benzene rings is 2. The van der Waals surface area contributed by atoms with Crippen LogP contribution >= 0.6 is 0 Å². The first-order valence-electron chi connectivity index (χ1n) is 9.73. The van der Waals surface area contributed by atoms with E-state index < -0.39 is 11.2 Å². The molecule has 4 nitrogen and oxygen atoms in total. The first-order valence-corrected chi connectivity index (χ1v) is 9.73. The molecule has 1 aliphatic rings. The Hall–Kier alpha value is -2.40. The van der Waals surface area contributed by atoms with Crippen LogP contribution in [-0.2, 0) is 10.3 Å². The lowest BCUT2D eigenvalue weighted by atomic mass is 9.82. The molecular weight excluding hydrogens is 357 g/mol. The lowest BCUT2D eigenvalue weighted by Gasteiger charge is -2.44. The van der Waals surface area contributed by atoms with Gasteiger partial charge in [-0.3, -0.25) is 0 Å². The fourth-order valence-electron chi connectivity index (χ4n) is 3.72. The molecule has 5 heteroatoms. The van der Waals surface area contributed by atoms with E-state index in [1.165, 1.54) is 12.1 Å². The Kier molecular flexibility index (Phi) is 5.75. The van der Waals surface area contributed by atoms with Crippen LogP contribution in [0.5, 0.6) is 0 Å². The Balaban J connectivity index is 1.82. The molecule has 1 heterocycles. The highest BCUT2D eigenvalue weighted by Crippen LogP contribution is 2.41. The number of hydrogen-bond acceptors (Lipinski definition) is 3.